The highest BCUT2D eigenvalue weighted by Crippen LogP contribution is 2.19. The van der Waals surface area contributed by atoms with Gasteiger partial charge >= 0.3 is 0 Å². The average Bonchev–Trinajstić information content (AvgIpc) is 2.69. The summed E-state index contributed by atoms with van der Waals surface area (Å²) in [7, 11) is 0. The standard InChI is InChI=1S/C15H14/c1-2-4-6-8-10-15-12-11-14(13-15)9-7-5-3-1/h1-11,13H,12H2/b2-1+,5-3-,6-4-,9-7?,10-8-. The van der Waals surface area contributed by atoms with Crippen molar-refractivity contribution in [1.82, 2.24) is 0 Å². The van der Waals surface area contributed by atoms with E-state index in [0.717, 1.165) is 6.42 Å². The molecule has 0 saturated heterocycles. The molecule has 2 aliphatic carbocycles. The van der Waals surface area contributed by atoms with Crippen LogP contribution >= 0.6 is 0 Å². The van der Waals surface area contributed by atoms with E-state index >= 15 is 0 Å². The van der Waals surface area contributed by atoms with Crippen LogP contribution in [0.1, 0.15) is 6.42 Å². The minimum Gasteiger partial charge on any atom is -0.0729 e. The molecule has 0 heteroatoms. The zero-order chi connectivity index (χ0) is 10.3. The van der Waals surface area contributed by atoms with Gasteiger partial charge in [0.05, 0.1) is 0 Å². The van der Waals surface area contributed by atoms with E-state index < -0.39 is 0 Å². The van der Waals surface area contributed by atoms with Crippen molar-refractivity contribution in [2.24, 2.45) is 0 Å². The Hall–Kier alpha value is -1.82. The number of hydrogen-bond acceptors (Lipinski definition) is 0. The molecule has 74 valence electrons. The first-order valence-corrected chi connectivity index (χ1v) is 5.21. The molecule has 0 nitrogen and oxygen atoms in total. The molecule has 0 unspecified atom stereocenters. The minimum atomic E-state index is 1.05. The molecule has 0 heterocycles. The second kappa shape index (κ2) is 5.16. The lowest BCUT2D eigenvalue weighted by Crippen LogP contribution is -1.67. The highest BCUT2D eigenvalue weighted by atomic mass is 14.0. The van der Waals surface area contributed by atoms with Crippen LogP contribution in [0.25, 0.3) is 0 Å². The first kappa shape index (κ1) is 9.72. The summed E-state index contributed by atoms with van der Waals surface area (Å²) in [6.45, 7) is 0. The van der Waals surface area contributed by atoms with Crippen LogP contribution in [0.15, 0.2) is 84.1 Å². The van der Waals surface area contributed by atoms with Gasteiger partial charge < -0.3 is 0 Å². The first-order chi connectivity index (χ1) is 7.45. The van der Waals surface area contributed by atoms with Crippen molar-refractivity contribution in [3.63, 3.8) is 0 Å². The van der Waals surface area contributed by atoms with Crippen LogP contribution in [0.5, 0.6) is 0 Å². The fourth-order valence-corrected chi connectivity index (χ4v) is 1.53. The summed E-state index contributed by atoms with van der Waals surface area (Å²) in [5.74, 6) is 0. The molecule has 15 heavy (non-hydrogen) atoms. The molecule has 0 saturated carbocycles. The molecule has 0 aromatic heterocycles. The van der Waals surface area contributed by atoms with E-state index in [1.165, 1.54) is 11.1 Å². The number of allylic oxidation sites excluding steroid dienone is 14. The number of fused-ring (bicyclic) bond motifs is 1. The Labute approximate surface area is 91.0 Å². The molecular formula is C15H14. The highest BCUT2D eigenvalue weighted by Gasteiger charge is 1.99. The fraction of sp³-hybridized carbons (Fsp3) is 0.0667. The molecule has 0 aromatic rings. The van der Waals surface area contributed by atoms with Crippen LogP contribution in [0.4, 0.5) is 0 Å². The maximum atomic E-state index is 2.25. The van der Waals surface area contributed by atoms with E-state index in [1.807, 2.05) is 30.4 Å². The molecule has 2 rings (SSSR count). The predicted molar refractivity (Wildman–Crippen MR) is 66.5 cm³/mol. The Bertz CT molecular complexity index is 421. The van der Waals surface area contributed by atoms with Crippen molar-refractivity contribution in [3.05, 3.63) is 84.1 Å². The largest absolute Gasteiger partial charge is 0.0729 e. The van der Waals surface area contributed by atoms with Gasteiger partial charge in [-0.15, -0.1) is 0 Å². The van der Waals surface area contributed by atoms with Crippen LogP contribution < -0.4 is 0 Å². The van der Waals surface area contributed by atoms with Gasteiger partial charge in [0.15, 0.2) is 0 Å². The van der Waals surface area contributed by atoms with E-state index in [2.05, 4.69) is 42.5 Å². The molecule has 2 aliphatic rings. The molecule has 0 N–H and O–H groups in total. The monoisotopic (exact) mass is 194 g/mol. The van der Waals surface area contributed by atoms with Gasteiger partial charge in [0.1, 0.15) is 0 Å². The van der Waals surface area contributed by atoms with Gasteiger partial charge in [0.25, 0.3) is 0 Å². The Balaban J connectivity index is 2.22. The molecule has 0 atom stereocenters. The van der Waals surface area contributed by atoms with Crippen LogP contribution in [0.2, 0.25) is 0 Å². The third-order valence-corrected chi connectivity index (χ3v) is 2.30. The van der Waals surface area contributed by atoms with Gasteiger partial charge in [-0.05, 0) is 17.6 Å². The first-order valence-electron chi connectivity index (χ1n) is 5.21. The molecule has 0 aromatic carbocycles. The third-order valence-electron chi connectivity index (χ3n) is 2.30. The maximum Gasteiger partial charge on any atom is -0.00882 e. The van der Waals surface area contributed by atoms with Crippen molar-refractivity contribution in [2.45, 2.75) is 6.42 Å². The van der Waals surface area contributed by atoms with Gasteiger partial charge in [-0.3, -0.25) is 0 Å². The van der Waals surface area contributed by atoms with Crippen LogP contribution in [0, 0.1) is 0 Å². The Kier molecular flexibility index (Phi) is 3.34. The lowest BCUT2D eigenvalue weighted by molar-refractivity contribution is 1.33. The van der Waals surface area contributed by atoms with Crippen molar-refractivity contribution >= 4 is 0 Å². The van der Waals surface area contributed by atoms with Crippen LogP contribution in [0.3, 0.4) is 0 Å². The molecule has 0 aliphatic heterocycles. The van der Waals surface area contributed by atoms with Crippen molar-refractivity contribution in [3.8, 4) is 0 Å². The number of rotatable bonds is 0. The zero-order valence-corrected chi connectivity index (χ0v) is 8.64. The zero-order valence-electron chi connectivity index (χ0n) is 8.64. The molecule has 0 amide bonds. The maximum absolute atomic E-state index is 2.25. The Morgan fingerprint density at radius 3 is 2.00 bits per heavy atom. The van der Waals surface area contributed by atoms with Crippen LogP contribution in [-0.2, 0) is 0 Å². The summed E-state index contributed by atoms with van der Waals surface area (Å²) in [6, 6.07) is 0. The quantitative estimate of drug-likeness (QED) is 0.546. The lowest BCUT2D eigenvalue weighted by Gasteiger charge is -1.87. The second-order valence-corrected chi connectivity index (χ2v) is 3.50. The molecule has 0 fully saturated rings. The van der Waals surface area contributed by atoms with E-state index in [-0.39, 0.29) is 0 Å². The van der Waals surface area contributed by atoms with Gasteiger partial charge in [-0.1, -0.05) is 72.9 Å². The van der Waals surface area contributed by atoms with Gasteiger partial charge in [-0.2, -0.15) is 0 Å². The van der Waals surface area contributed by atoms with Crippen molar-refractivity contribution in [1.29, 1.82) is 0 Å². The summed E-state index contributed by atoms with van der Waals surface area (Å²) in [6.07, 6.45) is 26.2. The smallest absolute Gasteiger partial charge is 0.00882 e. The average molecular weight is 194 g/mol. The molecule has 2 bridgehead atoms. The molecule has 0 spiro atoms. The number of hydrogen-bond donors (Lipinski definition) is 0. The van der Waals surface area contributed by atoms with Crippen molar-refractivity contribution < 1.29 is 0 Å². The lowest BCUT2D eigenvalue weighted by atomic mass is 10.2. The molecular weight excluding hydrogens is 180 g/mol. The fourth-order valence-electron chi connectivity index (χ4n) is 1.53. The summed E-state index contributed by atoms with van der Waals surface area (Å²) in [5.41, 5.74) is 2.66. The van der Waals surface area contributed by atoms with Crippen molar-refractivity contribution in [2.75, 3.05) is 0 Å². The summed E-state index contributed by atoms with van der Waals surface area (Å²) in [5, 5.41) is 0. The van der Waals surface area contributed by atoms with Gasteiger partial charge in [0.2, 0.25) is 0 Å². The predicted octanol–water partition coefficient (Wildman–Crippen LogP) is 4.04. The van der Waals surface area contributed by atoms with E-state index in [1.54, 1.807) is 0 Å². The molecule has 0 radical (unpaired) electrons. The Morgan fingerprint density at radius 2 is 1.27 bits per heavy atom. The SMILES string of the molecule is C1=CC2=CCC(=C2)\C=C/C=C\C=C\C=C/1. The summed E-state index contributed by atoms with van der Waals surface area (Å²) in [4.78, 5) is 0. The topological polar surface area (TPSA) is 0 Å². The second-order valence-electron chi connectivity index (χ2n) is 3.50. The minimum absolute atomic E-state index is 1.05. The Morgan fingerprint density at radius 1 is 0.667 bits per heavy atom. The van der Waals surface area contributed by atoms with Gasteiger partial charge in [-0.25, -0.2) is 0 Å². The van der Waals surface area contributed by atoms with E-state index in [4.69, 9.17) is 0 Å². The normalized spacial score (nSPS) is 27.7. The van der Waals surface area contributed by atoms with E-state index in [0.29, 0.717) is 0 Å². The van der Waals surface area contributed by atoms with Gasteiger partial charge in [0, 0.05) is 0 Å². The summed E-state index contributed by atoms with van der Waals surface area (Å²) < 4.78 is 0. The van der Waals surface area contributed by atoms with E-state index in [9.17, 15) is 0 Å². The third kappa shape index (κ3) is 3.10. The highest BCUT2D eigenvalue weighted by molar-refractivity contribution is 5.45. The summed E-state index contributed by atoms with van der Waals surface area (Å²) >= 11 is 0. The van der Waals surface area contributed by atoms with Crippen LogP contribution in [-0.4, -0.2) is 0 Å².